The maximum atomic E-state index is 5.52. The van der Waals surface area contributed by atoms with Crippen LogP contribution in [-0.2, 0) is 4.74 Å². The molecular formula is C15H29NOS. The predicted octanol–water partition coefficient (Wildman–Crippen LogP) is 3.23. The lowest BCUT2D eigenvalue weighted by atomic mass is 9.81. The molecule has 3 heteroatoms. The normalized spacial score (nSPS) is 28.8. The van der Waals surface area contributed by atoms with Gasteiger partial charge in [0.2, 0.25) is 0 Å². The Hall–Kier alpha value is 0.270. The monoisotopic (exact) mass is 271 g/mol. The van der Waals surface area contributed by atoms with Crippen LogP contribution in [0.2, 0.25) is 0 Å². The predicted molar refractivity (Wildman–Crippen MR) is 80.4 cm³/mol. The number of hydrogen-bond acceptors (Lipinski definition) is 3. The van der Waals surface area contributed by atoms with E-state index in [0.717, 1.165) is 19.0 Å². The number of nitrogens with zero attached hydrogens (tertiary/aromatic N) is 1. The molecule has 2 aliphatic heterocycles. The lowest BCUT2D eigenvalue weighted by molar-refractivity contribution is 0.00787. The fourth-order valence-corrected chi connectivity index (χ4v) is 3.70. The minimum Gasteiger partial charge on any atom is -0.381 e. The van der Waals surface area contributed by atoms with E-state index in [0.29, 0.717) is 10.8 Å². The van der Waals surface area contributed by atoms with Crippen molar-refractivity contribution in [3.05, 3.63) is 0 Å². The highest BCUT2D eigenvalue weighted by Gasteiger charge is 2.34. The van der Waals surface area contributed by atoms with Crippen LogP contribution < -0.4 is 0 Å². The molecule has 0 bridgehead atoms. The van der Waals surface area contributed by atoms with Gasteiger partial charge in [-0.15, -0.1) is 0 Å². The van der Waals surface area contributed by atoms with Crippen molar-refractivity contribution in [2.45, 2.75) is 46.0 Å². The van der Waals surface area contributed by atoms with Gasteiger partial charge in [0.05, 0.1) is 0 Å². The Labute approximate surface area is 118 Å². The molecule has 2 heterocycles. The fourth-order valence-electron chi connectivity index (χ4n) is 3.28. The summed E-state index contributed by atoms with van der Waals surface area (Å²) in [7, 11) is 0. The zero-order chi connectivity index (χ0) is 13.1. The van der Waals surface area contributed by atoms with Crippen molar-refractivity contribution in [2.24, 2.45) is 10.8 Å². The van der Waals surface area contributed by atoms with Crippen molar-refractivity contribution < 1.29 is 4.74 Å². The van der Waals surface area contributed by atoms with E-state index in [-0.39, 0.29) is 0 Å². The largest absolute Gasteiger partial charge is 0.381 e. The van der Waals surface area contributed by atoms with E-state index < -0.39 is 0 Å². The van der Waals surface area contributed by atoms with E-state index in [4.69, 9.17) is 4.74 Å². The maximum absolute atomic E-state index is 5.52. The third-order valence-corrected chi connectivity index (χ3v) is 5.55. The molecule has 2 aliphatic rings. The van der Waals surface area contributed by atoms with Crippen molar-refractivity contribution in [3.63, 3.8) is 0 Å². The lowest BCUT2D eigenvalue weighted by Crippen LogP contribution is -2.43. The average molecular weight is 271 g/mol. The SMILES string of the molecule is CC1(C)CCCN(CC2(CS)CCOCC2)CC1. The van der Waals surface area contributed by atoms with Crippen LogP contribution in [0.4, 0.5) is 0 Å². The molecule has 0 aromatic rings. The second-order valence-corrected chi connectivity index (χ2v) is 7.38. The number of likely N-dealkylation sites (tertiary alicyclic amines) is 1. The van der Waals surface area contributed by atoms with Crippen molar-refractivity contribution in [3.8, 4) is 0 Å². The second kappa shape index (κ2) is 6.15. The van der Waals surface area contributed by atoms with E-state index in [1.807, 2.05) is 0 Å². The smallest absolute Gasteiger partial charge is 0.0472 e. The van der Waals surface area contributed by atoms with Gasteiger partial charge in [-0.1, -0.05) is 13.8 Å². The molecule has 0 atom stereocenters. The molecule has 18 heavy (non-hydrogen) atoms. The van der Waals surface area contributed by atoms with Gasteiger partial charge in [-0.2, -0.15) is 12.6 Å². The molecule has 0 saturated carbocycles. The van der Waals surface area contributed by atoms with Gasteiger partial charge in [0.15, 0.2) is 0 Å². The van der Waals surface area contributed by atoms with Crippen molar-refractivity contribution in [2.75, 3.05) is 38.6 Å². The van der Waals surface area contributed by atoms with Crippen LogP contribution in [0.15, 0.2) is 0 Å². The average Bonchev–Trinajstić information content (AvgIpc) is 2.52. The minimum atomic E-state index is 0.413. The summed E-state index contributed by atoms with van der Waals surface area (Å²) in [4.78, 5) is 2.69. The van der Waals surface area contributed by atoms with Gasteiger partial charge >= 0.3 is 0 Å². The summed E-state index contributed by atoms with van der Waals surface area (Å²) in [6.45, 7) is 10.5. The summed E-state index contributed by atoms with van der Waals surface area (Å²) in [5.74, 6) is 1.01. The van der Waals surface area contributed by atoms with Gasteiger partial charge in [0, 0.05) is 19.8 Å². The number of thiol groups is 1. The summed E-state index contributed by atoms with van der Waals surface area (Å²) in [5, 5.41) is 0. The summed E-state index contributed by atoms with van der Waals surface area (Å²) in [6, 6.07) is 0. The molecule has 0 radical (unpaired) electrons. The molecule has 2 fully saturated rings. The zero-order valence-corrected chi connectivity index (χ0v) is 13.0. The van der Waals surface area contributed by atoms with Crippen LogP contribution in [0.3, 0.4) is 0 Å². The van der Waals surface area contributed by atoms with E-state index in [2.05, 4.69) is 31.4 Å². The van der Waals surface area contributed by atoms with Crippen molar-refractivity contribution in [1.29, 1.82) is 0 Å². The Morgan fingerprint density at radius 3 is 2.44 bits per heavy atom. The van der Waals surface area contributed by atoms with E-state index in [9.17, 15) is 0 Å². The summed E-state index contributed by atoms with van der Waals surface area (Å²) < 4.78 is 5.52. The highest BCUT2D eigenvalue weighted by molar-refractivity contribution is 7.80. The van der Waals surface area contributed by atoms with Gasteiger partial charge in [0.1, 0.15) is 0 Å². The zero-order valence-electron chi connectivity index (χ0n) is 12.1. The molecule has 0 unspecified atom stereocenters. The topological polar surface area (TPSA) is 12.5 Å². The summed E-state index contributed by atoms with van der Waals surface area (Å²) >= 11 is 4.63. The summed E-state index contributed by atoms with van der Waals surface area (Å²) in [5.41, 5.74) is 0.953. The molecule has 2 saturated heterocycles. The van der Waals surface area contributed by atoms with Gasteiger partial charge in [-0.25, -0.2) is 0 Å². The molecule has 0 aromatic heterocycles. The number of ether oxygens (including phenoxy) is 1. The van der Waals surface area contributed by atoms with Crippen LogP contribution in [-0.4, -0.2) is 43.5 Å². The highest BCUT2D eigenvalue weighted by atomic mass is 32.1. The quantitative estimate of drug-likeness (QED) is 0.791. The van der Waals surface area contributed by atoms with Crippen LogP contribution >= 0.6 is 12.6 Å². The molecule has 2 nitrogen and oxygen atoms in total. The Bertz CT molecular complexity index is 261. The van der Waals surface area contributed by atoms with Crippen LogP contribution in [0.25, 0.3) is 0 Å². The Morgan fingerprint density at radius 2 is 1.78 bits per heavy atom. The molecule has 106 valence electrons. The first-order chi connectivity index (χ1) is 8.55. The summed E-state index contributed by atoms with van der Waals surface area (Å²) in [6.07, 6.45) is 6.45. The molecular weight excluding hydrogens is 242 g/mol. The van der Waals surface area contributed by atoms with Crippen molar-refractivity contribution in [1.82, 2.24) is 4.90 Å². The fraction of sp³-hybridized carbons (Fsp3) is 1.00. The van der Waals surface area contributed by atoms with Crippen LogP contribution in [0.5, 0.6) is 0 Å². The van der Waals surface area contributed by atoms with E-state index >= 15 is 0 Å². The first-order valence-corrected chi connectivity index (χ1v) is 8.10. The molecule has 0 aliphatic carbocycles. The lowest BCUT2D eigenvalue weighted by Gasteiger charge is -2.40. The second-order valence-electron chi connectivity index (χ2n) is 7.06. The Morgan fingerprint density at radius 1 is 1.06 bits per heavy atom. The molecule has 0 spiro atoms. The van der Waals surface area contributed by atoms with Gasteiger partial charge < -0.3 is 9.64 Å². The van der Waals surface area contributed by atoms with Crippen molar-refractivity contribution >= 4 is 12.6 Å². The molecule has 0 aromatic carbocycles. The standard InChI is InChI=1S/C15H29NOS/c1-14(2)4-3-8-16(9-5-14)12-15(13-18)6-10-17-11-7-15/h18H,3-13H2,1-2H3. The van der Waals surface area contributed by atoms with Gasteiger partial charge in [0.25, 0.3) is 0 Å². The minimum absolute atomic E-state index is 0.413. The first kappa shape index (κ1) is 14.7. The first-order valence-electron chi connectivity index (χ1n) is 7.46. The molecule has 0 amide bonds. The van der Waals surface area contributed by atoms with Gasteiger partial charge in [-0.05, 0) is 61.8 Å². The molecule has 0 N–H and O–H groups in total. The van der Waals surface area contributed by atoms with Crippen LogP contribution in [0, 0.1) is 10.8 Å². The highest BCUT2D eigenvalue weighted by Crippen LogP contribution is 2.35. The maximum Gasteiger partial charge on any atom is 0.0472 e. The van der Waals surface area contributed by atoms with E-state index in [1.165, 1.54) is 51.7 Å². The number of rotatable bonds is 3. The third-order valence-electron chi connectivity index (χ3n) is 4.88. The molecule has 2 rings (SSSR count). The number of hydrogen-bond donors (Lipinski definition) is 1. The Balaban J connectivity index is 1.91. The van der Waals surface area contributed by atoms with Gasteiger partial charge in [-0.3, -0.25) is 0 Å². The van der Waals surface area contributed by atoms with Crippen LogP contribution in [0.1, 0.15) is 46.0 Å². The Kier molecular flexibility index (Phi) is 5.01. The third kappa shape index (κ3) is 3.88. The van der Waals surface area contributed by atoms with E-state index in [1.54, 1.807) is 0 Å².